The average molecular weight is 194 g/mol. The molecule has 0 radical (unpaired) electrons. The summed E-state index contributed by atoms with van der Waals surface area (Å²) in [6.45, 7) is 3.14. The van der Waals surface area contributed by atoms with Gasteiger partial charge in [0.05, 0.1) is 0 Å². The molecule has 2 heterocycles. The maximum Gasteiger partial charge on any atom is 0.222 e. The summed E-state index contributed by atoms with van der Waals surface area (Å²) in [6.07, 6.45) is 4.65. The zero-order chi connectivity index (χ0) is 9.54. The first kappa shape index (κ1) is 8.72. The van der Waals surface area contributed by atoms with E-state index in [0.717, 1.165) is 37.9 Å². The molecule has 1 saturated carbocycles. The van der Waals surface area contributed by atoms with Gasteiger partial charge in [0.2, 0.25) is 5.91 Å². The molecule has 3 aliphatic rings. The smallest absolute Gasteiger partial charge is 0.222 e. The molecule has 1 amide bonds. The fourth-order valence-electron chi connectivity index (χ4n) is 2.75. The number of carbonyl (C=O) groups excluding carboxylic acids is 1. The molecule has 0 unspecified atom stereocenters. The van der Waals surface area contributed by atoms with Crippen LogP contribution in [-0.4, -0.2) is 36.5 Å². The SMILES string of the molecule is O=C(CC1CC1)N1C[C@@H]2CCN[C@@H]2C1. The normalized spacial score (nSPS) is 36.1. The Balaban J connectivity index is 1.56. The zero-order valence-electron chi connectivity index (χ0n) is 8.54. The van der Waals surface area contributed by atoms with Crippen molar-refractivity contribution in [2.24, 2.45) is 11.8 Å². The van der Waals surface area contributed by atoms with Crippen molar-refractivity contribution in [1.29, 1.82) is 0 Å². The molecule has 3 fully saturated rings. The highest BCUT2D eigenvalue weighted by molar-refractivity contribution is 5.77. The molecule has 2 saturated heterocycles. The summed E-state index contributed by atoms with van der Waals surface area (Å²) < 4.78 is 0. The van der Waals surface area contributed by atoms with E-state index >= 15 is 0 Å². The molecule has 0 aromatic rings. The Kier molecular flexibility index (Phi) is 2.01. The minimum Gasteiger partial charge on any atom is -0.341 e. The fourth-order valence-corrected chi connectivity index (χ4v) is 2.75. The molecule has 3 nitrogen and oxygen atoms in total. The van der Waals surface area contributed by atoms with Crippen molar-refractivity contribution in [3.05, 3.63) is 0 Å². The summed E-state index contributed by atoms with van der Waals surface area (Å²) in [5.41, 5.74) is 0. The molecule has 1 N–H and O–H groups in total. The number of likely N-dealkylation sites (tertiary alicyclic amines) is 1. The zero-order valence-corrected chi connectivity index (χ0v) is 8.54. The van der Waals surface area contributed by atoms with Gasteiger partial charge >= 0.3 is 0 Å². The maximum atomic E-state index is 11.8. The van der Waals surface area contributed by atoms with Gasteiger partial charge in [0.15, 0.2) is 0 Å². The molecule has 78 valence electrons. The Morgan fingerprint density at radius 3 is 2.86 bits per heavy atom. The van der Waals surface area contributed by atoms with E-state index in [0.29, 0.717) is 11.9 Å². The van der Waals surface area contributed by atoms with Gasteiger partial charge in [0.25, 0.3) is 0 Å². The van der Waals surface area contributed by atoms with E-state index in [-0.39, 0.29) is 0 Å². The first-order valence-electron chi connectivity index (χ1n) is 5.84. The van der Waals surface area contributed by atoms with Crippen LogP contribution in [0.4, 0.5) is 0 Å². The van der Waals surface area contributed by atoms with Crippen molar-refractivity contribution >= 4 is 5.91 Å². The van der Waals surface area contributed by atoms with Gasteiger partial charge in [-0.3, -0.25) is 4.79 Å². The number of carbonyl (C=O) groups is 1. The lowest BCUT2D eigenvalue weighted by Crippen LogP contribution is -2.34. The summed E-state index contributed by atoms with van der Waals surface area (Å²) in [7, 11) is 0. The van der Waals surface area contributed by atoms with Crippen LogP contribution >= 0.6 is 0 Å². The number of nitrogens with one attached hydrogen (secondary N) is 1. The van der Waals surface area contributed by atoms with E-state index in [4.69, 9.17) is 0 Å². The summed E-state index contributed by atoms with van der Waals surface area (Å²) in [5.74, 6) is 1.89. The Bertz CT molecular complexity index is 238. The molecule has 0 spiro atoms. The van der Waals surface area contributed by atoms with E-state index in [2.05, 4.69) is 10.2 Å². The molecule has 2 aliphatic heterocycles. The van der Waals surface area contributed by atoms with E-state index in [1.54, 1.807) is 0 Å². The molecular weight excluding hydrogens is 176 g/mol. The van der Waals surface area contributed by atoms with Crippen molar-refractivity contribution in [3.63, 3.8) is 0 Å². The maximum absolute atomic E-state index is 11.8. The third-order valence-corrected chi connectivity index (χ3v) is 3.88. The predicted molar refractivity (Wildman–Crippen MR) is 53.8 cm³/mol. The first-order valence-corrected chi connectivity index (χ1v) is 5.84. The largest absolute Gasteiger partial charge is 0.341 e. The number of hydrogen-bond donors (Lipinski definition) is 1. The van der Waals surface area contributed by atoms with Crippen LogP contribution in [0.1, 0.15) is 25.7 Å². The highest BCUT2D eigenvalue weighted by Crippen LogP contribution is 2.34. The van der Waals surface area contributed by atoms with Gasteiger partial charge < -0.3 is 10.2 Å². The number of hydrogen-bond acceptors (Lipinski definition) is 2. The van der Waals surface area contributed by atoms with Crippen LogP contribution in [0.25, 0.3) is 0 Å². The van der Waals surface area contributed by atoms with E-state index in [1.165, 1.54) is 19.3 Å². The Hall–Kier alpha value is -0.570. The quantitative estimate of drug-likeness (QED) is 0.698. The van der Waals surface area contributed by atoms with Crippen LogP contribution in [0.3, 0.4) is 0 Å². The third-order valence-electron chi connectivity index (χ3n) is 3.88. The lowest BCUT2D eigenvalue weighted by Gasteiger charge is -2.17. The second-order valence-corrected chi connectivity index (χ2v) is 5.06. The summed E-state index contributed by atoms with van der Waals surface area (Å²) in [4.78, 5) is 13.9. The van der Waals surface area contributed by atoms with Crippen LogP contribution < -0.4 is 5.32 Å². The summed E-state index contributed by atoms with van der Waals surface area (Å²) in [6, 6.07) is 0.609. The van der Waals surface area contributed by atoms with E-state index < -0.39 is 0 Å². The van der Waals surface area contributed by atoms with Gasteiger partial charge in [-0.2, -0.15) is 0 Å². The van der Waals surface area contributed by atoms with Gasteiger partial charge in [-0.15, -0.1) is 0 Å². The number of amides is 1. The summed E-state index contributed by atoms with van der Waals surface area (Å²) in [5, 5.41) is 3.48. The lowest BCUT2D eigenvalue weighted by atomic mass is 10.1. The van der Waals surface area contributed by atoms with Gasteiger partial charge in [-0.1, -0.05) is 0 Å². The molecule has 3 heteroatoms. The van der Waals surface area contributed by atoms with Crippen molar-refractivity contribution in [1.82, 2.24) is 10.2 Å². The molecule has 2 atom stereocenters. The highest BCUT2D eigenvalue weighted by atomic mass is 16.2. The molecule has 0 bridgehead atoms. The molecule has 1 aliphatic carbocycles. The van der Waals surface area contributed by atoms with Crippen LogP contribution in [0.5, 0.6) is 0 Å². The van der Waals surface area contributed by atoms with Gasteiger partial charge in [-0.25, -0.2) is 0 Å². The van der Waals surface area contributed by atoms with Gasteiger partial charge in [0, 0.05) is 25.6 Å². The van der Waals surface area contributed by atoms with Crippen LogP contribution in [-0.2, 0) is 4.79 Å². The average Bonchev–Trinajstić information content (AvgIpc) is 2.73. The van der Waals surface area contributed by atoms with Crippen molar-refractivity contribution in [3.8, 4) is 0 Å². The van der Waals surface area contributed by atoms with Crippen molar-refractivity contribution < 1.29 is 4.79 Å². The predicted octanol–water partition coefficient (Wildman–Crippen LogP) is 0.607. The van der Waals surface area contributed by atoms with E-state index in [9.17, 15) is 4.79 Å². The number of rotatable bonds is 2. The standard InChI is InChI=1S/C11H18N2O/c14-11(5-8-1-2-8)13-6-9-3-4-12-10(9)7-13/h8-10,12H,1-7H2/t9-,10+/m0/s1. The van der Waals surface area contributed by atoms with Crippen molar-refractivity contribution in [2.45, 2.75) is 31.7 Å². The molecular formula is C11H18N2O. The molecule has 0 aromatic heterocycles. The number of fused-ring (bicyclic) bond motifs is 1. The van der Waals surface area contributed by atoms with Crippen LogP contribution in [0.2, 0.25) is 0 Å². The highest BCUT2D eigenvalue weighted by Gasteiger charge is 2.38. The van der Waals surface area contributed by atoms with Crippen LogP contribution in [0.15, 0.2) is 0 Å². The molecule has 14 heavy (non-hydrogen) atoms. The minimum atomic E-state index is 0.406. The van der Waals surface area contributed by atoms with Crippen LogP contribution in [0, 0.1) is 11.8 Å². The minimum absolute atomic E-state index is 0.406. The summed E-state index contributed by atoms with van der Waals surface area (Å²) >= 11 is 0. The van der Waals surface area contributed by atoms with Gasteiger partial charge in [0.1, 0.15) is 0 Å². The second kappa shape index (κ2) is 3.23. The second-order valence-electron chi connectivity index (χ2n) is 5.06. The molecule has 3 rings (SSSR count). The van der Waals surface area contributed by atoms with E-state index in [1.807, 2.05) is 0 Å². The van der Waals surface area contributed by atoms with Gasteiger partial charge in [-0.05, 0) is 37.6 Å². The third kappa shape index (κ3) is 1.54. The first-order chi connectivity index (χ1) is 6.83. The molecule has 0 aromatic carbocycles. The Labute approximate surface area is 84.8 Å². The topological polar surface area (TPSA) is 32.3 Å². The Morgan fingerprint density at radius 1 is 1.29 bits per heavy atom. The number of nitrogens with zero attached hydrogens (tertiary/aromatic N) is 1. The monoisotopic (exact) mass is 194 g/mol. The fraction of sp³-hybridized carbons (Fsp3) is 0.909. The van der Waals surface area contributed by atoms with Crippen molar-refractivity contribution in [2.75, 3.05) is 19.6 Å². The lowest BCUT2D eigenvalue weighted by molar-refractivity contribution is -0.130. The Morgan fingerprint density at radius 2 is 2.14 bits per heavy atom.